The van der Waals surface area contributed by atoms with Crippen LogP contribution in [0.3, 0.4) is 0 Å². The van der Waals surface area contributed by atoms with E-state index < -0.39 is 16.7 Å². The number of benzene rings is 1. The molecule has 29 heavy (non-hydrogen) atoms. The first kappa shape index (κ1) is 22.0. The van der Waals surface area contributed by atoms with E-state index in [4.69, 9.17) is 4.74 Å². The molecule has 0 saturated heterocycles. The lowest BCUT2D eigenvalue weighted by atomic mass is 9.45. The van der Waals surface area contributed by atoms with Crippen LogP contribution in [0.4, 0.5) is 0 Å². The van der Waals surface area contributed by atoms with E-state index in [1.807, 2.05) is 19.9 Å². The molecule has 0 aliphatic heterocycles. The summed E-state index contributed by atoms with van der Waals surface area (Å²) in [5, 5.41) is 10.4. The lowest BCUT2D eigenvalue weighted by Crippen LogP contribution is -2.57. The Labute approximate surface area is 188 Å². The Morgan fingerprint density at radius 3 is 2.31 bits per heavy atom. The maximum absolute atomic E-state index is 13.7. The fraction of sp³-hybridized carbons (Fsp3) is 0.391. The maximum Gasteiger partial charge on any atom is 0.173 e. The zero-order valence-electron chi connectivity index (χ0n) is 17.2. The van der Waals surface area contributed by atoms with E-state index in [2.05, 4.69) is 38.4 Å². The average Bonchev–Trinajstić information content (AvgIpc) is 2.71. The molecular weight excluding hydrogens is 500 g/mol. The molecular formula is C23H24Br2O4. The maximum atomic E-state index is 13.7. The van der Waals surface area contributed by atoms with Crippen molar-refractivity contribution in [1.82, 2.24) is 0 Å². The van der Waals surface area contributed by atoms with Gasteiger partial charge in [0, 0.05) is 15.8 Å². The molecule has 1 N–H and O–H groups in total. The number of rotatable bonds is 3. The molecule has 0 heterocycles. The number of aromatic hydroxyl groups is 1. The number of ketones is 2. The molecule has 2 aliphatic carbocycles. The molecule has 3 unspecified atom stereocenters. The van der Waals surface area contributed by atoms with Crippen LogP contribution in [0.5, 0.6) is 11.5 Å². The van der Waals surface area contributed by atoms with Crippen molar-refractivity contribution in [2.45, 2.75) is 40.0 Å². The van der Waals surface area contributed by atoms with Crippen LogP contribution < -0.4 is 4.74 Å². The first-order valence-corrected chi connectivity index (χ1v) is 10.9. The second-order valence-electron chi connectivity index (χ2n) is 8.13. The number of methoxy groups -OCH3 is 1. The number of hydrogen-bond acceptors (Lipinski definition) is 4. The van der Waals surface area contributed by atoms with Crippen molar-refractivity contribution in [2.75, 3.05) is 7.11 Å². The van der Waals surface area contributed by atoms with E-state index in [9.17, 15) is 14.7 Å². The Balaban J connectivity index is 2.42. The Hall–Kier alpha value is -1.66. The smallest absolute Gasteiger partial charge is 0.173 e. The number of halogens is 2. The van der Waals surface area contributed by atoms with Crippen molar-refractivity contribution in [3.63, 3.8) is 0 Å². The summed E-state index contributed by atoms with van der Waals surface area (Å²) in [6.07, 6.45) is 4.20. The highest BCUT2D eigenvalue weighted by Gasteiger charge is 2.63. The number of phenolic OH excluding ortho intramolecular Hbond substituents is 1. The van der Waals surface area contributed by atoms with Crippen LogP contribution in [0.15, 0.2) is 50.5 Å². The van der Waals surface area contributed by atoms with Gasteiger partial charge in [0.15, 0.2) is 23.1 Å². The summed E-state index contributed by atoms with van der Waals surface area (Å²) in [4.78, 5) is 27.1. The first-order valence-electron chi connectivity index (χ1n) is 9.31. The summed E-state index contributed by atoms with van der Waals surface area (Å²) < 4.78 is 6.40. The molecule has 0 radical (unpaired) electrons. The third-order valence-corrected chi connectivity index (χ3v) is 9.12. The highest BCUT2D eigenvalue weighted by molar-refractivity contribution is 9.13. The van der Waals surface area contributed by atoms with Crippen LogP contribution in [-0.2, 0) is 9.59 Å². The van der Waals surface area contributed by atoms with Crippen LogP contribution in [0, 0.1) is 10.8 Å². The lowest BCUT2D eigenvalue weighted by Gasteiger charge is -2.54. The van der Waals surface area contributed by atoms with Crippen LogP contribution in [0.2, 0.25) is 0 Å². The van der Waals surface area contributed by atoms with E-state index in [-0.39, 0.29) is 23.1 Å². The van der Waals surface area contributed by atoms with E-state index in [1.165, 1.54) is 7.11 Å². The van der Waals surface area contributed by atoms with Crippen molar-refractivity contribution in [3.05, 3.63) is 56.0 Å². The van der Waals surface area contributed by atoms with E-state index in [1.54, 1.807) is 26.0 Å². The summed E-state index contributed by atoms with van der Waals surface area (Å²) in [7, 11) is 1.47. The third-order valence-electron chi connectivity index (χ3n) is 6.96. The van der Waals surface area contributed by atoms with E-state index in [0.29, 0.717) is 26.5 Å². The summed E-state index contributed by atoms with van der Waals surface area (Å²) in [6, 6.07) is 1.72. The number of ether oxygens (including phenoxy) is 1. The van der Waals surface area contributed by atoms with Gasteiger partial charge in [0.05, 0.1) is 17.0 Å². The van der Waals surface area contributed by atoms with Crippen molar-refractivity contribution in [1.29, 1.82) is 0 Å². The molecule has 1 aromatic rings. The highest BCUT2D eigenvalue weighted by Crippen LogP contribution is 2.63. The van der Waals surface area contributed by atoms with Gasteiger partial charge in [0.1, 0.15) is 0 Å². The van der Waals surface area contributed by atoms with Gasteiger partial charge in [-0.3, -0.25) is 9.59 Å². The van der Waals surface area contributed by atoms with Gasteiger partial charge in [0.2, 0.25) is 0 Å². The van der Waals surface area contributed by atoms with Gasteiger partial charge in [0.25, 0.3) is 0 Å². The molecule has 0 fully saturated rings. The third kappa shape index (κ3) is 2.75. The summed E-state index contributed by atoms with van der Waals surface area (Å²) >= 11 is 6.99. The number of Topliss-reactive ketones (excluding diaryl/α,β-unsaturated/α-hetero) is 2. The first-order chi connectivity index (χ1) is 13.5. The number of allylic oxidation sites excluding steroid dienone is 5. The SMILES string of the molecule is C=CC1=CCC2(C)C(=O)C(C)=C(C)C(=O)C2(C)C1c1cc(OC)c(O)c(Br)c1Br. The monoisotopic (exact) mass is 522 g/mol. The Morgan fingerprint density at radius 2 is 1.76 bits per heavy atom. The molecule has 4 nitrogen and oxygen atoms in total. The van der Waals surface area contributed by atoms with Gasteiger partial charge in [-0.15, -0.1) is 0 Å². The van der Waals surface area contributed by atoms with Crippen LogP contribution in [-0.4, -0.2) is 23.8 Å². The van der Waals surface area contributed by atoms with Crippen LogP contribution >= 0.6 is 31.9 Å². The second kappa shape index (κ2) is 7.24. The predicted octanol–water partition coefficient (Wildman–Crippen LogP) is 6.03. The van der Waals surface area contributed by atoms with Gasteiger partial charge in [-0.25, -0.2) is 0 Å². The van der Waals surface area contributed by atoms with Crippen LogP contribution in [0.1, 0.15) is 45.6 Å². The van der Waals surface area contributed by atoms with E-state index in [0.717, 1.165) is 11.1 Å². The Bertz CT molecular complexity index is 1020. The molecule has 0 spiro atoms. The number of carbonyl (C=O) groups is 2. The lowest BCUT2D eigenvalue weighted by molar-refractivity contribution is -0.147. The predicted molar refractivity (Wildman–Crippen MR) is 120 cm³/mol. The molecule has 0 amide bonds. The van der Waals surface area contributed by atoms with Crippen molar-refractivity contribution >= 4 is 43.4 Å². The number of hydrogen-bond donors (Lipinski definition) is 1. The largest absolute Gasteiger partial charge is 0.503 e. The number of carbonyl (C=O) groups excluding carboxylic acids is 2. The van der Waals surface area contributed by atoms with Gasteiger partial charge < -0.3 is 9.84 Å². The minimum Gasteiger partial charge on any atom is -0.503 e. The van der Waals surface area contributed by atoms with Crippen LogP contribution in [0.25, 0.3) is 0 Å². The minimum absolute atomic E-state index is 0.00222. The number of fused-ring (bicyclic) bond motifs is 1. The molecule has 1 aromatic carbocycles. The van der Waals surface area contributed by atoms with Gasteiger partial charge in [-0.05, 0) is 80.5 Å². The molecule has 6 heteroatoms. The molecule has 0 aromatic heterocycles. The van der Waals surface area contributed by atoms with Gasteiger partial charge in [-0.1, -0.05) is 32.6 Å². The molecule has 0 saturated carbocycles. The Kier molecular flexibility index (Phi) is 5.50. The van der Waals surface area contributed by atoms with Crippen molar-refractivity contribution < 1.29 is 19.4 Å². The molecule has 3 atom stereocenters. The van der Waals surface area contributed by atoms with Crippen molar-refractivity contribution in [3.8, 4) is 11.5 Å². The normalized spacial score (nSPS) is 29.5. The standard InChI is InChI=1S/C23H24Br2O4/c1-7-13-8-9-22(4)20(27)11(2)12(3)21(28)23(22,5)16(13)14-10-15(29-6)19(26)18(25)17(14)24/h7-8,10,16,26H,1,9H2,2-6H3. The fourth-order valence-corrected chi connectivity index (χ4v) is 5.78. The molecule has 0 bridgehead atoms. The zero-order valence-corrected chi connectivity index (χ0v) is 20.3. The number of phenols is 1. The Morgan fingerprint density at radius 1 is 1.17 bits per heavy atom. The molecule has 154 valence electrons. The summed E-state index contributed by atoms with van der Waals surface area (Å²) in [6.45, 7) is 11.2. The zero-order chi connectivity index (χ0) is 21.9. The van der Waals surface area contributed by atoms with E-state index >= 15 is 0 Å². The highest BCUT2D eigenvalue weighted by atomic mass is 79.9. The van der Waals surface area contributed by atoms with Gasteiger partial charge >= 0.3 is 0 Å². The quantitative estimate of drug-likeness (QED) is 0.525. The summed E-state index contributed by atoms with van der Waals surface area (Å²) in [5.74, 6) is -0.230. The van der Waals surface area contributed by atoms with Gasteiger partial charge in [-0.2, -0.15) is 0 Å². The summed E-state index contributed by atoms with van der Waals surface area (Å²) in [5.41, 5.74) is 0.759. The molecule has 3 rings (SSSR count). The second-order valence-corrected chi connectivity index (χ2v) is 9.72. The fourth-order valence-electron chi connectivity index (χ4n) is 4.83. The molecule has 2 aliphatic rings. The minimum atomic E-state index is -1.02. The topological polar surface area (TPSA) is 63.6 Å². The van der Waals surface area contributed by atoms with Crippen molar-refractivity contribution in [2.24, 2.45) is 10.8 Å². The average molecular weight is 524 g/mol.